The third-order valence-electron chi connectivity index (χ3n) is 3.60. The largest absolute Gasteiger partial charge is 0.332 e. The number of carbonyl (C=O) groups is 2. The molecule has 6 heteroatoms. The Morgan fingerprint density at radius 1 is 1.16 bits per heavy atom. The summed E-state index contributed by atoms with van der Waals surface area (Å²) >= 11 is 0. The van der Waals surface area contributed by atoms with Gasteiger partial charge < -0.3 is 4.90 Å². The van der Waals surface area contributed by atoms with Gasteiger partial charge in [0.15, 0.2) is 0 Å². The zero-order chi connectivity index (χ0) is 13.6. The first-order valence-electron chi connectivity index (χ1n) is 6.19. The van der Waals surface area contributed by atoms with Crippen LogP contribution in [-0.4, -0.2) is 29.4 Å². The number of urea groups is 1. The SMILES string of the molecule is O=C1C2CCCCN2C(=O)N1c1ccc(F)cc1F. The summed E-state index contributed by atoms with van der Waals surface area (Å²) in [6, 6.07) is 1.83. The minimum atomic E-state index is -0.901. The number of halogens is 2. The van der Waals surface area contributed by atoms with Crippen LogP contribution >= 0.6 is 0 Å². The molecule has 4 nitrogen and oxygen atoms in total. The van der Waals surface area contributed by atoms with E-state index < -0.39 is 29.6 Å². The number of rotatable bonds is 1. The number of hydrogen-bond donors (Lipinski definition) is 0. The first-order valence-corrected chi connectivity index (χ1v) is 6.19. The Morgan fingerprint density at radius 2 is 1.95 bits per heavy atom. The van der Waals surface area contributed by atoms with E-state index in [0.717, 1.165) is 29.9 Å². The van der Waals surface area contributed by atoms with E-state index in [2.05, 4.69) is 0 Å². The minimum absolute atomic E-state index is 0.175. The average molecular weight is 266 g/mol. The molecule has 0 aliphatic carbocycles. The molecule has 2 aliphatic rings. The highest BCUT2D eigenvalue weighted by molar-refractivity contribution is 6.21. The molecule has 19 heavy (non-hydrogen) atoms. The zero-order valence-electron chi connectivity index (χ0n) is 10.1. The Kier molecular flexibility index (Phi) is 2.73. The highest BCUT2D eigenvalue weighted by atomic mass is 19.1. The van der Waals surface area contributed by atoms with Crippen molar-refractivity contribution in [1.82, 2.24) is 4.90 Å². The second-order valence-corrected chi connectivity index (χ2v) is 4.76. The highest BCUT2D eigenvalue weighted by Crippen LogP contribution is 2.32. The summed E-state index contributed by atoms with van der Waals surface area (Å²) in [6.45, 7) is 0.508. The Labute approximate surface area is 108 Å². The van der Waals surface area contributed by atoms with Gasteiger partial charge in [0, 0.05) is 12.6 Å². The maximum absolute atomic E-state index is 13.7. The molecule has 0 spiro atoms. The van der Waals surface area contributed by atoms with Crippen LogP contribution in [0.4, 0.5) is 19.3 Å². The number of benzene rings is 1. The molecule has 0 saturated carbocycles. The van der Waals surface area contributed by atoms with Crippen molar-refractivity contribution >= 4 is 17.6 Å². The molecular formula is C13H12F2N2O2. The fourth-order valence-corrected chi connectivity index (χ4v) is 2.67. The molecule has 0 aromatic heterocycles. The number of piperidine rings is 1. The van der Waals surface area contributed by atoms with Gasteiger partial charge in [-0.2, -0.15) is 0 Å². The van der Waals surface area contributed by atoms with Crippen LogP contribution in [-0.2, 0) is 4.79 Å². The van der Waals surface area contributed by atoms with Gasteiger partial charge in [0.05, 0.1) is 5.69 Å². The number of imide groups is 1. The Morgan fingerprint density at radius 3 is 2.63 bits per heavy atom. The van der Waals surface area contributed by atoms with Crippen molar-refractivity contribution in [3.63, 3.8) is 0 Å². The smallest absolute Gasteiger partial charge is 0.312 e. The van der Waals surface area contributed by atoms with Crippen molar-refractivity contribution in [1.29, 1.82) is 0 Å². The number of amides is 3. The third-order valence-corrected chi connectivity index (χ3v) is 3.60. The van der Waals surface area contributed by atoms with Crippen LogP contribution in [0, 0.1) is 11.6 Å². The van der Waals surface area contributed by atoms with Gasteiger partial charge in [0.1, 0.15) is 17.7 Å². The van der Waals surface area contributed by atoms with Crippen LogP contribution in [0.5, 0.6) is 0 Å². The van der Waals surface area contributed by atoms with E-state index in [1.165, 1.54) is 4.90 Å². The van der Waals surface area contributed by atoms with Gasteiger partial charge in [0.2, 0.25) is 0 Å². The summed E-state index contributed by atoms with van der Waals surface area (Å²) in [5.74, 6) is -2.06. The fraction of sp³-hybridized carbons (Fsp3) is 0.385. The van der Waals surface area contributed by atoms with Crippen LogP contribution in [0.3, 0.4) is 0 Å². The van der Waals surface area contributed by atoms with Gasteiger partial charge in [-0.3, -0.25) is 4.79 Å². The molecule has 0 N–H and O–H groups in total. The fourth-order valence-electron chi connectivity index (χ4n) is 2.67. The van der Waals surface area contributed by atoms with Crippen LogP contribution in [0.1, 0.15) is 19.3 Å². The van der Waals surface area contributed by atoms with Crippen LogP contribution in [0.25, 0.3) is 0 Å². The van der Waals surface area contributed by atoms with Gasteiger partial charge in [0.25, 0.3) is 5.91 Å². The van der Waals surface area contributed by atoms with E-state index in [4.69, 9.17) is 0 Å². The maximum atomic E-state index is 13.7. The van der Waals surface area contributed by atoms with Crippen molar-refractivity contribution in [2.24, 2.45) is 0 Å². The summed E-state index contributed by atoms with van der Waals surface area (Å²) in [5, 5.41) is 0. The molecule has 2 aliphatic heterocycles. The van der Waals surface area contributed by atoms with Crippen LogP contribution in [0.2, 0.25) is 0 Å². The molecule has 2 saturated heterocycles. The second kappa shape index (κ2) is 4.29. The van der Waals surface area contributed by atoms with Crippen molar-refractivity contribution in [3.05, 3.63) is 29.8 Å². The van der Waals surface area contributed by atoms with Crippen molar-refractivity contribution in [2.75, 3.05) is 11.4 Å². The number of carbonyl (C=O) groups excluding carboxylic acids is 2. The Bertz CT molecular complexity index is 538. The molecule has 3 amide bonds. The van der Waals surface area contributed by atoms with E-state index in [-0.39, 0.29) is 5.69 Å². The lowest BCUT2D eigenvalue weighted by molar-refractivity contribution is -0.120. The number of hydrogen-bond acceptors (Lipinski definition) is 2. The standard InChI is InChI=1S/C13H12F2N2O2/c14-8-4-5-10(9(15)7-8)17-12(18)11-3-1-2-6-16(11)13(17)19/h4-5,7,11H,1-3,6H2. The first kappa shape index (κ1) is 12.1. The summed E-state index contributed by atoms with van der Waals surface area (Å²) in [4.78, 5) is 26.6. The summed E-state index contributed by atoms with van der Waals surface area (Å²) in [6.07, 6.45) is 2.32. The van der Waals surface area contributed by atoms with Gasteiger partial charge in [-0.15, -0.1) is 0 Å². The molecule has 1 atom stereocenters. The maximum Gasteiger partial charge on any atom is 0.332 e. The number of anilines is 1. The number of nitrogens with zero attached hydrogens (tertiary/aromatic N) is 2. The molecule has 0 bridgehead atoms. The van der Waals surface area contributed by atoms with E-state index in [1.807, 2.05) is 0 Å². The molecule has 1 aromatic carbocycles. The molecular weight excluding hydrogens is 254 g/mol. The van der Waals surface area contributed by atoms with E-state index >= 15 is 0 Å². The topological polar surface area (TPSA) is 40.6 Å². The summed E-state index contributed by atoms with van der Waals surface area (Å²) in [7, 11) is 0. The van der Waals surface area contributed by atoms with Crippen molar-refractivity contribution < 1.29 is 18.4 Å². The lowest BCUT2D eigenvalue weighted by Gasteiger charge is -2.25. The van der Waals surface area contributed by atoms with Crippen molar-refractivity contribution in [3.8, 4) is 0 Å². The Hall–Kier alpha value is -1.98. The second-order valence-electron chi connectivity index (χ2n) is 4.76. The van der Waals surface area contributed by atoms with E-state index in [0.29, 0.717) is 19.0 Å². The zero-order valence-corrected chi connectivity index (χ0v) is 10.1. The predicted octanol–water partition coefficient (Wildman–Crippen LogP) is 2.29. The van der Waals surface area contributed by atoms with E-state index in [9.17, 15) is 18.4 Å². The van der Waals surface area contributed by atoms with E-state index in [1.54, 1.807) is 0 Å². The lowest BCUT2D eigenvalue weighted by Crippen LogP contribution is -2.39. The third kappa shape index (κ3) is 1.78. The predicted molar refractivity (Wildman–Crippen MR) is 63.6 cm³/mol. The highest BCUT2D eigenvalue weighted by Gasteiger charge is 2.47. The quantitative estimate of drug-likeness (QED) is 0.732. The van der Waals surface area contributed by atoms with Gasteiger partial charge in [-0.25, -0.2) is 18.5 Å². The van der Waals surface area contributed by atoms with Crippen molar-refractivity contribution in [2.45, 2.75) is 25.3 Å². The van der Waals surface area contributed by atoms with Gasteiger partial charge in [-0.05, 0) is 31.4 Å². The van der Waals surface area contributed by atoms with Gasteiger partial charge in [-0.1, -0.05) is 0 Å². The molecule has 1 aromatic rings. The molecule has 100 valence electrons. The lowest BCUT2D eigenvalue weighted by atomic mass is 10.0. The molecule has 2 heterocycles. The van der Waals surface area contributed by atoms with Gasteiger partial charge >= 0.3 is 6.03 Å². The summed E-state index contributed by atoms with van der Waals surface area (Å²) in [5.41, 5.74) is -0.175. The molecule has 3 rings (SSSR count). The first-order chi connectivity index (χ1) is 9.09. The monoisotopic (exact) mass is 266 g/mol. The summed E-state index contributed by atoms with van der Waals surface area (Å²) < 4.78 is 26.6. The Balaban J connectivity index is 2.00. The van der Waals surface area contributed by atoms with Crippen LogP contribution < -0.4 is 4.90 Å². The molecule has 2 fully saturated rings. The molecule has 0 radical (unpaired) electrons. The minimum Gasteiger partial charge on any atom is -0.312 e. The molecule has 1 unspecified atom stereocenters. The number of fused-ring (bicyclic) bond motifs is 1. The average Bonchev–Trinajstić information content (AvgIpc) is 2.64. The normalized spacial score (nSPS) is 22.9. The van der Waals surface area contributed by atoms with Crippen LogP contribution in [0.15, 0.2) is 18.2 Å².